The molecule has 0 bridgehead atoms. The Morgan fingerprint density at radius 3 is 2.09 bits per heavy atom. The fourth-order valence-corrected chi connectivity index (χ4v) is 2.00. The van der Waals surface area contributed by atoms with Gasteiger partial charge in [-0.2, -0.15) is 0 Å². The highest BCUT2D eigenvalue weighted by Crippen LogP contribution is 2.16. The number of hydrogen-bond donors (Lipinski definition) is 1. The van der Waals surface area contributed by atoms with Gasteiger partial charge < -0.3 is 9.84 Å². The SMILES string of the molecule is C=CCOC(=O)c1ccc(C(=O)c2ccccc2C(=O)O)cc1. The Labute approximate surface area is 132 Å². The van der Waals surface area contributed by atoms with Gasteiger partial charge in [-0.25, -0.2) is 9.59 Å². The molecule has 23 heavy (non-hydrogen) atoms. The van der Waals surface area contributed by atoms with Crippen LogP contribution < -0.4 is 0 Å². The summed E-state index contributed by atoms with van der Waals surface area (Å²) in [5.74, 6) is -2.11. The predicted molar refractivity (Wildman–Crippen MR) is 83.8 cm³/mol. The molecule has 0 heterocycles. The van der Waals surface area contributed by atoms with Crippen molar-refractivity contribution in [2.75, 3.05) is 6.61 Å². The number of esters is 1. The van der Waals surface area contributed by atoms with Crippen LogP contribution in [0.2, 0.25) is 0 Å². The number of carbonyl (C=O) groups excluding carboxylic acids is 2. The first-order chi connectivity index (χ1) is 11.0. The van der Waals surface area contributed by atoms with Crippen LogP contribution in [0.15, 0.2) is 61.2 Å². The number of benzene rings is 2. The average molecular weight is 310 g/mol. The molecule has 0 aliphatic carbocycles. The molecular formula is C18H14O5. The zero-order chi connectivity index (χ0) is 16.8. The Kier molecular flexibility index (Phi) is 5.04. The summed E-state index contributed by atoms with van der Waals surface area (Å²) in [6.07, 6.45) is 1.46. The third-order valence-electron chi connectivity index (χ3n) is 3.12. The second-order valence-electron chi connectivity index (χ2n) is 4.64. The normalized spacial score (nSPS) is 9.91. The van der Waals surface area contributed by atoms with Crippen LogP contribution in [0.3, 0.4) is 0 Å². The molecule has 5 nitrogen and oxygen atoms in total. The number of hydrogen-bond acceptors (Lipinski definition) is 4. The minimum atomic E-state index is -1.17. The highest BCUT2D eigenvalue weighted by Gasteiger charge is 2.17. The van der Waals surface area contributed by atoms with Gasteiger partial charge in [-0.15, -0.1) is 0 Å². The lowest BCUT2D eigenvalue weighted by Gasteiger charge is -2.06. The summed E-state index contributed by atoms with van der Waals surface area (Å²) in [6.45, 7) is 3.55. The molecule has 0 aromatic heterocycles. The molecule has 0 aliphatic rings. The lowest BCUT2D eigenvalue weighted by Crippen LogP contribution is -2.10. The van der Waals surface area contributed by atoms with Crippen molar-refractivity contribution in [1.29, 1.82) is 0 Å². The van der Waals surface area contributed by atoms with E-state index in [9.17, 15) is 14.4 Å². The zero-order valence-electron chi connectivity index (χ0n) is 12.2. The third-order valence-corrected chi connectivity index (χ3v) is 3.12. The minimum Gasteiger partial charge on any atom is -0.478 e. The van der Waals surface area contributed by atoms with Crippen molar-refractivity contribution in [2.24, 2.45) is 0 Å². The Morgan fingerprint density at radius 2 is 1.52 bits per heavy atom. The average Bonchev–Trinajstić information content (AvgIpc) is 2.59. The van der Waals surface area contributed by atoms with E-state index in [4.69, 9.17) is 9.84 Å². The number of ether oxygens (including phenoxy) is 1. The number of aromatic carboxylic acids is 1. The van der Waals surface area contributed by atoms with E-state index in [0.717, 1.165) is 0 Å². The van der Waals surface area contributed by atoms with Crippen LogP contribution in [0.5, 0.6) is 0 Å². The standard InChI is InChI=1S/C18H14O5/c1-2-11-23-18(22)13-9-7-12(8-10-13)16(19)14-5-3-4-6-15(14)17(20)21/h2-10H,1,11H2,(H,20,21). The predicted octanol–water partition coefficient (Wildman–Crippen LogP) is 2.96. The molecule has 0 saturated carbocycles. The van der Waals surface area contributed by atoms with E-state index in [2.05, 4.69) is 6.58 Å². The Hall–Kier alpha value is -3.21. The monoisotopic (exact) mass is 310 g/mol. The van der Waals surface area contributed by atoms with Gasteiger partial charge in [0.15, 0.2) is 5.78 Å². The first-order valence-corrected chi connectivity index (χ1v) is 6.79. The molecule has 2 aromatic rings. The number of rotatable bonds is 6. The van der Waals surface area contributed by atoms with E-state index in [1.54, 1.807) is 12.1 Å². The van der Waals surface area contributed by atoms with Crippen LogP contribution in [0.4, 0.5) is 0 Å². The summed E-state index contributed by atoms with van der Waals surface area (Å²) >= 11 is 0. The number of carboxylic acids is 1. The summed E-state index contributed by atoms with van der Waals surface area (Å²) in [5, 5.41) is 9.14. The van der Waals surface area contributed by atoms with Crippen LogP contribution in [-0.4, -0.2) is 29.4 Å². The second-order valence-corrected chi connectivity index (χ2v) is 4.64. The van der Waals surface area contributed by atoms with Crippen molar-refractivity contribution in [3.8, 4) is 0 Å². The smallest absolute Gasteiger partial charge is 0.338 e. The van der Waals surface area contributed by atoms with Crippen molar-refractivity contribution in [2.45, 2.75) is 0 Å². The maximum Gasteiger partial charge on any atom is 0.338 e. The van der Waals surface area contributed by atoms with E-state index >= 15 is 0 Å². The highest BCUT2D eigenvalue weighted by atomic mass is 16.5. The summed E-state index contributed by atoms with van der Waals surface area (Å²) in [4.78, 5) is 35.3. The number of carboxylic acid groups (broad SMARTS) is 1. The van der Waals surface area contributed by atoms with Crippen molar-refractivity contribution >= 4 is 17.7 Å². The highest BCUT2D eigenvalue weighted by molar-refractivity contribution is 6.14. The molecule has 0 saturated heterocycles. The first kappa shape index (κ1) is 16.2. The molecule has 2 aromatic carbocycles. The van der Waals surface area contributed by atoms with E-state index in [0.29, 0.717) is 11.1 Å². The summed E-state index contributed by atoms with van der Waals surface area (Å²) in [5.41, 5.74) is 0.628. The molecular weight excluding hydrogens is 296 g/mol. The Balaban J connectivity index is 2.26. The molecule has 116 valence electrons. The fraction of sp³-hybridized carbons (Fsp3) is 0.0556. The van der Waals surface area contributed by atoms with Gasteiger partial charge in [-0.05, 0) is 18.2 Å². The molecule has 0 unspecified atom stereocenters. The van der Waals surface area contributed by atoms with E-state index in [1.165, 1.54) is 42.5 Å². The van der Waals surface area contributed by atoms with Gasteiger partial charge in [-0.1, -0.05) is 43.0 Å². The fourth-order valence-electron chi connectivity index (χ4n) is 2.00. The number of carbonyl (C=O) groups is 3. The summed E-state index contributed by atoms with van der Waals surface area (Å²) in [7, 11) is 0. The van der Waals surface area contributed by atoms with Crippen LogP contribution in [-0.2, 0) is 4.74 Å². The quantitative estimate of drug-likeness (QED) is 0.504. The van der Waals surface area contributed by atoms with Crippen LogP contribution in [0.25, 0.3) is 0 Å². The zero-order valence-corrected chi connectivity index (χ0v) is 12.2. The van der Waals surface area contributed by atoms with Crippen molar-refractivity contribution in [1.82, 2.24) is 0 Å². The van der Waals surface area contributed by atoms with Crippen molar-refractivity contribution in [3.05, 3.63) is 83.4 Å². The summed E-state index contributed by atoms with van der Waals surface area (Å²) in [6, 6.07) is 11.8. The van der Waals surface area contributed by atoms with Gasteiger partial charge in [0.05, 0.1) is 11.1 Å². The third kappa shape index (κ3) is 3.71. The van der Waals surface area contributed by atoms with Gasteiger partial charge in [0, 0.05) is 11.1 Å². The van der Waals surface area contributed by atoms with E-state index in [-0.39, 0.29) is 17.7 Å². The molecule has 0 amide bonds. The van der Waals surface area contributed by atoms with Crippen molar-refractivity contribution in [3.63, 3.8) is 0 Å². The van der Waals surface area contributed by atoms with Gasteiger partial charge in [-0.3, -0.25) is 4.79 Å². The van der Waals surface area contributed by atoms with Crippen LogP contribution in [0.1, 0.15) is 36.6 Å². The van der Waals surface area contributed by atoms with E-state index in [1.807, 2.05) is 0 Å². The van der Waals surface area contributed by atoms with Crippen LogP contribution >= 0.6 is 0 Å². The molecule has 0 spiro atoms. The molecule has 5 heteroatoms. The van der Waals surface area contributed by atoms with Gasteiger partial charge in [0.25, 0.3) is 0 Å². The molecule has 1 N–H and O–H groups in total. The molecule has 0 fully saturated rings. The van der Waals surface area contributed by atoms with Gasteiger partial charge in [0.2, 0.25) is 0 Å². The molecule has 2 rings (SSSR count). The maximum absolute atomic E-state index is 12.4. The van der Waals surface area contributed by atoms with Gasteiger partial charge >= 0.3 is 11.9 Å². The first-order valence-electron chi connectivity index (χ1n) is 6.79. The lowest BCUT2D eigenvalue weighted by atomic mass is 9.98. The van der Waals surface area contributed by atoms with Crippen molar-refractivity contribution < 1.29 is 24.2 Å². The molecule has 0 atom stereocenters. The largest absolute Gasteiger partial charge is 0.478 e. The molecule has 0 aliphatic heterocycles. The second kappa shape index (κ2) is 7.17. The van der Waals surface area contributed by atoms with Crippen LogP contribution in [0, 0.1) is 0 Å². The van der Waals surface area contributed by atoms with E-state index < -0.39 is 17.7 Å². The Bertz CT molecular complexity index is 759. The minimum absolute atomic E-state index is 0.0630. The summed E-state index contributed by atoms with van der Waals surface area (Å²) < 4.78 is 4.89. The lowest BCUT2D eigenvalue weighted by molar-refractivity contribution is 0.0549. The maximum atomic E-state index is 12.4. The van der Waals surface area contributed by atoms with Gasteiger partial charge in [0.1, 0.15) is 6.61 Å². The Morgan fingerprint density at radius 1 is 0.957 bits per heavy atom. The topological polar surface area (TPSA) is 80.7 Å². The number of ketones is 1. The molecule has 0 radical (unpaired) electrons.